The molecule has 130 valence electrons. The summed E-state index contributed by atoms with van der Waals surface area (Å²) in [6.07, 6.45) is 6.40. The molecule has 3 heterocycles. The molecule has 0 radical (unpaired) electrons. The normalized spacial score (nSPS) is 12.2. The SMILES string of the molecule is C[C@@H](C(=O)NCc1cccnc1-n1cncn1)n1cnc2ccccc21. The maximum atomic E-state index is 12.6. The fourth-order valence-corrected chi connectivity index (χ4v) is 2.84. The maximum absolute atomic E-state index is 12.6. The third-order valence-electron chi connectivity index (χ3n) is 4.23. The number of carbonyl (C=O) groups excluding carboxylic acids is 1. The first-order valence-corrected chi connectivity index (χ1v) is 8.22. The van der Waals surface area contributed by atoms with Gasteiger partial charge in [-0.1, -0.05) is 18.2 Å². The summed E-state index contributed by atoms with van der Waals surface area (Å²) in [6, 6.07) is 11.1. The van der Waals surface area contributed by atoms with Crippen molar-refractivity contribution in [3.05, 3.63) is 67.1 Å². The van der Waals surface area contributed by atoms with E-state index in [0.717, 1.165) is 16.6 Å². The molecule has 0 unspecified atom stereocenters. The second-order valence-corrected chi connectivity index (χ2v) is 5.86. The van der Waals surface area contributed by atoms with Gasteiger partial charge in [-0.2, -0.15) is 5.10 Å². The van der Waals surface area contributed by atoms with Gasteiger partial charge < -0.3 is 9.88 Å². The molecule has 0 saturated carbocycles. The number of nitrogens with one attached hydrogen (secondary N) is 1. The van der Waals surface area contributed by atoms with E-state index in [4.69, 9.17) is 0 Å². The van der Waals surface area contributed by atoms with Crippen molar-refractivity contribution >= 4 is 16.9 Å². The molecule has 0 saturated heterocycles. The molecule has 0 fully saturated rings. The molecular weight excluding hydrogens is 330 g/mol. The summed E-state index contributed by atoms with van der Waals surface area (Å²) in [5.41, 5.74) is 2.65. The van der Waals surface area contributed by atoms with Crippen molar-refractivity contribution in [3.63, 3.8) is 0 Å². The maximum Gasteiger partial charge on any atom is 0.243 e. The number of hydrogen-bond acceptors (Lipinski definition) is 5. The molecule has 8 nitrogen and oxygen atoms in total. The minimum Gasteiger partial charge on any atom is -0.350 e. The van der Waals surface area contributed by atoms with Crippen LogP contribution < -0.4 is 5.32 Å². The molecule has 0 spiro atoms. The predicted molar refractivity (Wildman–Crippen MR) is 95.4 cm³/mol. The van der Waals surface area contributed by atoms with Crippen molar-refractivity contribution in [2.24, 2.45) is 0 Å². The van der Waals surface area contributed by atoms with Crippen LogP contribution >= 0.6 is 0 Å². The Morgan fingerprint density at radius 1 is 1.15 bits per heavy atom. The highest BCUT2D eigenvalue weighted by Crippen LogP contribution is 2.17. The molecular formula is C18H17N7O. The molecule has 0 bridgehead atoms. The minimum absolute atomic E-state index is 0.0958. The summed E-state index contributed by atoms with van der Waals surface area (Å²) in [4.78, 5) is 25.3. The van der Waals surface area contributed by atoms with Gasteiger partial charge in [0, 0.05) is 18.3 Å². The largest absolute Gasteiger partial charge is 0.350 e. The second kappa shape index (κ2) is 6.75. The van der Waals surface area contributed by atoms with Crippen LogP contribution in [0.2, 0.25) is 0 Å². The fraction of sp³-hybridized carbons (Fsp3) is 0.167. The van der Waals surface area contributed by atoms with Crippen LogP contribution in [-0.2, 0) is 11.3 Å². The molecule has 4 aromatic rings. The summed E-state index contributed by atoms with van der Waals surface area (Å²) >= 11 is 0. The standard InChI is InChI=1S/C18H17N7O/c1-13(24-12-22-15-6-2-3-7-16(15)24)18(26)21-9-14-5-4-8-20-17(14)25-11-19-10-23-25/h2-8,10-13H,9H2,1H3,(H,21,26)/t13-/m0/s1. The first-order chi connectivity index (χ1) is 12.7. The van der Waals surface area contributed by atoms with Crippen LogP contribution in [0.1, 0.15) is 18.5 Å². The summed E-state index contributed by atoms with van der Waals surface area (Å²) in [6.45, 7) is 2.20. The third-order valence-corrected chi connectivity index (χ3v) is 4.23. The van der Waals surface area contributed by atoms with Crippen molar-refractivity contribution in [2.75, 3.05) is 0 Å². The number of imidazole rings is 1. The molecule has 8 heteroatoms. The first kappa shape index (κ1) is 15.9. The molecule has 3 aromatic heterocycles. The molecule has 1 amide bonds. The van der Waals surface area contributed by atoms with E-state index in [-0.39, 0.29) is 11.9 Å². The fourth-order valence-electron chi connectivity index (χ4n) is 2.84. The Balaban J connectivity index is 1.51. The zero-order valence-corrected chi connectivity index (χ0v) is 14.1. The van der Waals surface area contributed by atoms with Gasteiger partial charge in [-0.15, -0.1) is 0 Å². The van der Waals surface area contributed by atoms with E-state index < -0.39 is 0 Å². The number of aromatic nitrogens is 6. The smallest absolute Gasteiger partial charge is 0.243 e. The van der Waals surface area contributed by atoms with E-state index in [1.54, 1.807) is 23.5 Å². The lowest BCUT2D eigenvalue weighted by molar-refractivity contribution is -0.123. The third kappa shape index (κ3) is 2.92. The lowest BCUT2D eigenvalue weighted by Crippen LogP contribution is -2.30. The Kier molecular flexibility index (Phi) is 4.14. The van der Waals surface area contributed by atoms with Gasteiger partial charge in [0.15, 0.2) is 5.82 Å². The minimum atomic E-state index is -0.381. The molecule has 1 N–H and O–H groups in total. The van der Waals surface area contributed by atoms with Crippen LogP contribution in [0.15, 0.2) is 61.6 Å². The lowest BCUT2D eigenvalue weighted by Gasteiger charge is -2.15. The van der Waals surface area contributed by atoms with Gasteiger partial charge in [0.05, 0.1) is 17.4 Å². The zero-order chi connectivity index (χ0) is 17.9. The van der Waals surface area contributed by atoms with Gasteiger partial charge in [-0.25, -0.2) is 19.6 Å². The second-order valence-electron chi connectivity index (χ2n) is 5.86. The molecule has 0 aliphatic rings. The van der Waals surface area contributed by atoms with Crippen LogP contribution in [0.25, 0.3) is 16.9 Å². The Morgan fingerprint density at radius 2 is 2.04 bits per heavy atom. The monoisotopic (exact) mass is 347 g/mol. The van der Waals surface area contributed by atoms with Crippen molar-refractivity contribution in [1.29, 1.82) is 0 Å². The number of pyridine rings is 1. The Bertz CT molecular complexity index is 1040. The molecule has 0 aliphatic heterocycles. The molecule has 26 heavy (non-hydrogen) atoms. The average molecular weight is 347 g/mol. The predicted octanol–water partition coefficient (Wildman–Crippen LogP) is 1.89. The van der Waals surface area contributed by atoms with Gasteiger partial charge >= 0.3 is 0 Å². The van der Waals surface area contributed by atoms with E-state index in [1.165, 1.54) is 6.33 Å². The van der Waals surface area contributed by atoms with E-state index in [1.807, 2.05) is 47.9 Å². The van der Waals surface area contributed by atoms with Crippen molar-refractivity contribution in [2.45, 2.75) is 19.5 Å². The quantitative estimate of drug-likeness (QED) is 0.595. The van der Waals surface area contributed by atoms with Gasteiger partial charge in [-0.3, -0.25) is 4.79 Å². The van der Waals surface area contributed by atoms with E-state index in [0.29, 0.717) is 12.4 Å². The highest BCUT2D eigenvalue weighted by molar-refractivity contribution is 5.83. The summed E-state index contributed by atoms with van der Waals surface area (Å²) in [5, 5.41) is 7.07. The highest BCUT2D eigenvalue weighted by Gasteiger charge is 2.17. The van der Waals surface area contributed by atoms with E-state index in [2.05, 4.69) is 25.4 Å². The number of amides is 1. The number of fused-ring (bicyclic) bond motifs is 1. The molecule has 1 atom stereocenters. The van der Waals surface area contributed by atoms with Gasteiger partial charge in [0.2, 0.25) is 5.91 Å². The molecule has 4 rings (SSSR count). The van der Waals surface area contributed by atoms with Crippen LogP contribution in [0.3, 0.4) is 0 Å². The number of hydrogen-bond donors (Lipinski definition) is 1. The number of rotatable bonds is 5. The summed E-state index contributed by atoms with van der Waals surface area (Å²) in [5.74, 6) is 0.549. The van der Waals surface area contributed by atoms with Gasteiger partial charge in [0.1, 0.15) is 18.7 Å². The van der Waals surface area contributed by atoms with Crippen molar-refractivity contribution in [3.8, 4) is 5.82 Å². The topological polar surface area (TPSA) is 90.5 Å². The van der Waals surface area contributed by atoms with Crippen LogP contribution in [-0.4, -0.2) is 35.2 Å². The van der Waals surface area contributed by atoms with Crippen LogP contribution in [0.4, 0.5) is 0 Å². The van der Waals surface area contributed by atoms with Gasteiger partial charge in [0.25, 0.3) is 0 Å². The van der Waals surface area contributed by atoms with Crippen molar-refractivity contribution < 1.29 is 4.79 Å². The number of benzene rings is 1. The zero-order valence-electron chi connectivity index (χ0n) is 14.1. The molecule has 1 aromatic carbocycles. The summed E-state index contributed by atoms with van der Waals surface area (Å²) < 4.78 is 3.44. The van der Waals surface area contributed by atoms with Gasteiger partial charge in [-0.05, 0) is 25.1 Å². The number of para-hydroxylation sites is 2. The Labute approximate surface area is 149 Å². The highest BCUT2D eigenvalue weighted by atomic mass is 16.2. The van der Waals surface area contributed by atoms with E-state index in [9.17, 15) is 4.79 Å². The number of nitrogens with zero attached hydrogens (tertiary/aromatic N) is 6. The summed E-state index contributed by atoms with van der Waals surface area (Å²) in [7, 11) is 0. The van der Waals surface area contributed by atoms with E-state index >= 15 is 0 Å². The van der Waals surface area contributed by atoms with Crippen molar-refractivity contribution in [1.82, 2.24) is 34.6 Å². The lowest BCUT2D eigenvalue weighted by atomic mass is 10.2. The first-order valence-electron chi connectivity index (χ1n) is 8.22. The van der Waals surface area contributed by atoms with Crippen LogP contribution in [0, 0.1) is 0 Å². The molecule has 0 aliphatic carbocycles. The average Bonchev–Trinajstić information content (AvgIpc) is 3.35. The number of carbonyl (C=O) groups is 1. The van der Waals surface area contributed by atoms with Crippen LogP contribution in [0.5, 0.6) is 0 Å². The Hall–Kier alpha value is -3.55. The Morgan fingerprint density at radius 3 is 2.88 bits per heavy atom.